The summed E-state index contributed by atoms with van der Waals surface area (Å²) in [4.78, 5) is 0. The summed E-state index contributed by atoms with van der Waals surface area (Å²) in [5, 5.41) is 11.6. The molecule has 19 heavy (non-hydrogen) atoms. The van der Waals surface area contributed by atoms with Gasteiger partial charge < -0.3 is 14.5 Å². The summed E-state index contributed by atoms with van der Waals surface area (Å²) in [6, 6.07) is 5.58. The standard InChI is InChI=1S/C13H16ClN3O2/c1-3-15-7-10-11(14)5-4-6-12(10)18-8-13-17-16-9(2)19-13/h4-6,15H,3,7-8H2,1-2H3. The van der Waals surface area contributed by atoms with Gasteiger partial charge in [-0.2, -0.15) is 0 Å². The number of aryl methyl sites for hydroxylation is 1. The molecule has 1 aromatic heterocycles. The molecule has 102 valence electrons. The van der Waals surface area contributed by atoms with Gasteiger partial charge in [-0.05, 0) is 18.7 Å². The number of nitrogens with zero attached hydrogens (tertiary/aromatic N) is 2. The van der Waals surface area contributed by atoms with Crippen LogP contribution in [0.25, 0.3) is 0 Å². The maximum absolute atomic E-state index is 6.18. The van der Waals surface area contributed by atoms with Crippen molar-refractivity contribution < 1.29 is 9.15 Å². The number of hydrogen-bond acceptors (Lipinski definition) is 5. The van der Waals surface area contributed by atoms with E-state index >= 15 is 0 Å². The number of hydrogen-bond donors (Lipinski definition) is 1. The van der Waals surface area contributed by atoms with E-state index in [1.807, 2.05) is 25.1 Å². The predicted molar refractivity (Wildman–Crippen MR) is 72.2 cm³/mol. The van der Waals surface area contributed by atoms with Gasteiger partial charge >= 0.3 is 0 Å². The first-order chi connectivity index (χ1) is 9.20. The molecule has 0 saturated heterocycles. The van der Waals surface area contributed by atoms with Gasteiger partial charge in [0, 0.05) is 24.1 Å². The van der Waals surface area contributed by atoms with Crippen LogP contribution in [0.5, 0.6) is 5.75 Å². The molecule has 0 aliphatic rings. The lowest BCUT2D eigenvalue weighted by Crippen LogP contribution is -2.13. The first kappa shape index (κ1) is 13.8. The van der Waals surface area contributed by atoms with Crippen molar-refractivity contribution in [2.24, 2.45) is 0 Å². The molecule has 0 saturated carbocycles. The van der Waals surface area contributed by atoms with Gasteiger partial charge in [-0.25, -0.2) is 0 Å². The molecular weight excluding hydrogens is 266 g/mol. The number of ether oxygens (including phenoxy) is 1. The highest BCUT2D eigenvalue weighted by atomic mass is 35.5. The Morgan fingerprint density at radius 2 is 2.21 bits per heavy atom. The smallest absolute Gasteiger partial charge is 0.253 e. The van der Waals surface area contributed by atoms with E-state index < -0.39 is 0 Å². The van der Waals surface area contributed by atoms with Crippen LogP contribution in [0.1, 0.15) is 24.3 Å². The molecule has 2 aromatic rings. The first-order valence-corrected chi connectivity index (χ1v) is 6.48. The van der Waals surface area contributed by atoms with Gasteiger partial charge in [-0.3, -0.25) is 0 Å². The van der Waals surface area contributed by atoms with Crippen LogP contribution in [0.2, 0.25) is 5.02 Å². The first-order valence-electron chi connectivity index (χ1n) is 6.10. The van der Waals surface area contributed by atoms with Crippen molar-refractivity contribution in [2.45, 2.75) is 27.0 Å². The maximum atomic E-state index is 6.18. The summed E-state index contributed by atoms with van der Waals surface area (Å²) < 4.78 is 11.0. The van der Waals surface area contributed by atoms with E-state index in [1.54, 1.807) is 6.92 Å². The Kier molecular flexibility index (Phi) is 4.76. The lowest BCUT2D eigenvalue weighted by molar-refractivity contribution is 0.257. The quantitative estimate of drug-likeness (QED) is 0.882. The summed E-state index contributed by atoms with van der Waals surface area (Å²) in [5.41, 5.74) is 0.933. The summed E-state index contributed by atoms with van der Waals surface area (Å²) in [6.07, 6.45) is 0. The zero-order valence-corrected chi connectivity index (χ0v) is 11.7. The van der Waals surface area contributed by atoms with E-state index in [1.165, 1.54) is 0 Å². The van der Waals surface area contributed by atoms with Gasteiger partial charge in [0.2, 0.25) is 5.89 Å². The lowest BCUT2D eigenvalue weighted by Gasteiger charge is -2.12. The van der Waals surface area contributed by atoms with Crippen molar-refractivity contribution in [1.29, 1.82) is 0 Å². The Balaban J connectivity index is 2.08. The van der Waals surface area contributed by atoms with E-state index in [0.29, 0.717) is 23.3 Å². The Labute approximate surface area is 116 Å². The van der Waals surface area contributed by atoms with Crippen LogP contribution in [-0.2, 0) is 13.2 Å². The van der Waals surface area contributed by atoms with Crippen LogP contribution in [0.15, 0.2) is 22.6 Å². The molecule has 1 N–H and O–H groups in total. The highest BCUT2D eigenvalue weighted by Gasteiger charge is 2.09. The van der Waals surface area contributed by atoms with Crippen molar-refractivity contribution in [3.05, 3.63) is 40.6 Å². The Hall–Kier alpha value is -1.59. The van der Waals surface area contributed by atoms with Crippen molar-refractivity contribution in [3.63, 3.8) is 0 Å². The average molecular weight is 282 g/mol. The van der Waals surface area contributed by atoms with E-state index in [0.717, 1.165) is 17.9 Å². The highest BCUT2D eigenvalue weighted by Crippen LogP contribution is 2.26. The van der Waals surface area contributed by atoms with E-state index in [4.69, 9.17) is 20.8 Å². The SMILES string of the molecule is CCNCc1c(Cl)cccc1OCc1nnc(C)o1. The molecule has 2 rings (SSSR count). The van der Waals surface area contributed by atoms with Crippen molar-refractivity contribution in [2.75, 3.05) is 6.54 Å². The second-order valence-corrected chi connectivity index (χ2v) is 4.41. The van der Waals surface area contributed by atoms with Crippen molar-refractivity contribution in [3.8, 4) is 5.75 Å². The molecule has 0 amide bonds. The normalized spacial score (nSPS) is 10.7. The summed E-state index contributed by atoms with van der Waals surface area (Å²) in [6.45, 7) is 5.55. The van der Waals surface area contributed by atoms with Crippen LogP contribution in [0.4, 0.5) is 0 Å². The third-order valence-corrected chi connectivity index (χ3v) is 2.90. The molecule has 0 aliphatic carbocycles. The third-order valence-electron chi connectivity index (χ3n) is 2.55. The van der Waals surface area contributed by atoms with Crippen LogP contribution in [-0.4, -0.2) is 16.7 Å². The van der Waals surface area contributed by atoms with Crippen LogP contribution >= 0.6 is 11.6 Å². The zero-order valence-electron chi connectivity index (χ0n) is 10.9. The monoisotopic (exact) mass is 281 g/mol. The second kappa shape index (κ2) is 6.54. The summed E-state index contributed by atoms with van der Waals surface area (Å²) in [7, 11) is 0. The van der Waals surface area contributed by atoms with Gasteiger partial charge in [0.1, 0.15) is 5.75 Å². The molecule has 1 aromatic carbocycles. The van der Waals surface area contributed by atoms with Gasteiger partial charge in [-0.15, -0.1) is 10.2 Å². The van der Waals surface area contributed by atoms with Gasteiger partial charge in [0.05, 0.1) is 0 Å². The molecule has 6 heteroatoms. The topological polar surface area (TPSA) is 60.2 Å². The molecule has 0 bridgehead atoms. The largest absolute Gasteiger partial charge is 0.483 e. The maximum Gasteiger partial charge on any atom is 0.253 e. The minimum atomic E-state index is 0.236. The highest BCUT2D eigenvalue weighted by molar-refractivity contribution is 6.31. The van der Waals surface area contributed by atoms with Crippen LogP contribution in [0, 0.1) is 6.92 Å². The Morgan fingerprint density at radius 1 is 1.37 bits per heavy atom. The molecule has 0 fully saturated rings. The molecule has 0 unspecified atom stereocenters. The van der Waals surface area contributed by atoms with Gasteiger partial charge in [0.15, 0.2) is 6.61 Å². The number of rotatable bonds is 6. The molecule has 5 nitrogen and oxygen atoms in total. The fourth-order valence-corrected chi connectivity index (χ4v) is 1.86. The van der Waals surface area contributed by atoms with Gasteiger partial charge in [-0.1, -0.05) is 24.6 Å². The summed E-state index contributed by atoms with van der Waals surface area (Å²) >= 11 is 6.18. The lowest BCUT2D eigenvalue weighted by atomic mass is 10.2. The molecule has 0 spiro atoms. The Bertz CT molecular complexity index is 542. The number of nitrogens with one attached hydrogen (secondary N) is 1. The number of aromatic nitrogens is 2. The van der Waals surface area contributed by atoms with Crippen molar-refractivity contribution in [1.82, 2.24) is 15.5 Å². The molecule has 1 heterocycles. The fourth-order valence-electron chi connectivity index (χ4n) is 1.63. The van der Waals surface area contributed by atoms with Crippen molar-refractivity contribution >= 4 is 11.6 Å². The molecular formula is C13H16ClN3O2. The molecule has 0 atom stereocenters. The predicted octanol–water partition coefficient (Wildman–Crippen LogP) is 2.72. The van der Waals surface area contributed by atoms with Crippen LogP contribution in [0.3, 0.4) is 0 Å². The average Bonchev–Trinajstić information content (AvgIpc) is 2.81. The summed E-state index contributed by atoms with van der Waals surface area (Å²) in [5.74, 6) is 1.70. The number of benzene rings is 1. The van der Waals surface area contributed by atoms with Gasteiger partial charge in [0.25, 0.3) is 5.89 Å². The minimum Gasteiger partial charge on any atom is -0.483 e. The minimum absolute atomic E-state index is 0.236. The molecule has 0 radical (unpaired) electrons. The Morgan fingerprint density at radius 3 is 2.89 bits per heavy atom. The second-order valence-electron chi connectivity index (χ2n) is 4.00. The fraction of sp³-hybridized carbons (Fsp3) is 0.385. The molecule has 0 aliphatic heterocycles. The number of halogens is 1. The third kappa shape index (κ3) is 3.68. The van der Waals surface area contributed by atoms with E-state index in [9.17, 15) is 0 Å². The van der Waals surface area contributed by atoms with E-state index in [-0.39, 0.29) is 6.61 Å². The zero-order chi connectivity index (χ0) is 13.7. The van der Waals surface area contributed by atoms with E-state index in [2.05, 4.69) is 15.5 Å². The van der Waals surface area contributed by atoms with Crippen LogP contribution < -0.4 is 10.1 Å².